The molecule has 1 amide bonds. The van der Waals surface area contributed by atoms with Crippen LogP contribution in [0.5, 0.6) is 0 Å². The number of benzene rings is 1. The van der Waals surface area contributed by atoms with Crippen molar-refractivity contribution in [2.45, 2.75) is 32.2 Å². The Bertz CT molecular complexity index is 503. The molecule has 0 aliphatic heterocycles. The maximum Gasteiger partial charge on any atom is 0.416 e. The van der Waals surface area contributed by atoms with Gasteiger partial charge in [-0.15, -0.1) is 11.8 Å². The van der Waals surface area contributed by atoms with E-state index in [1.807, 2.05) is 13.8 Å². The number of nitrogen functional groups attached to an aromatic ring is 1. The monoisotopic (exact) mass is 320 g/mol. The molecule has 7 heteroatoms. The Kier molecular flexibility index (Phi) is 5.95. The van der Waals surface area contributed by atoms with Crippen LogP contribution in [0.25, 0.3) is 0 Å². The normalized spacial score (nSPS) is 13.3. The van der Waals surface area contributed by atoms with E-state index in [4.69, 9.17) is 5.73 Å². The molecule has 0 aliphatic carbocycles. The number of thioether (sulfide) groups is 1. The van der Waals surface area contributed by atoms with Crippen LogP contribution in [0.4, 0.5) is 24.5 Å². The average Bonchev–Trinajstić information content (AvgIpc) is 2.36. The van der Waals surface area contributed by atoms with Gasteiger partial charge in [0, 0.05) is 0 Å². The zero-order chi connectivity index (χ0) is 16.2. The van der Waals surface area contributed by atoms with E-state index in [1.165, 1.54) is 17.8 Å². The third kappa shape index (κ3) is 5.49. The van der Waals surface area contributed by atoms with Crippen molar-refractivity contribution in [2.24, 2.45) is 5.92 Å². The van der Waals surface area contributed by atoms with Crippen molar-refractivity contribution in [2.75, 3.05) is 16.8 Å². The van der Waals surface area contributed by atoms with Gasteiger partial charge in [-0.05, 0) is 36.8 Å². The fourth-order valence-corrected chi connectivity index (χ4v) is 2.38. The number of rotatable bonds is 5. The van der Waals surface area contributed by atoms with Gasteiger partial charge < -0.3 is 11.1 Å². The second kappa shape index (κ2) is 7.06. The highest BCUT2D eigenvalue weighted by molar-refractivity contribution is 8.00. The van der Waals surface area contributed by atoms with Gasteiger partial charge in [-0.2, -0.15) is 13.2 Å². The zero-order valence-electron chi connectivity index (χ0n) is 12.1. The van der Waals surface area contributed by atoms with Gasteiger partial charge in [0.1, 0.15) is 0 Å². The standard InChI is InChI=1S/C14H19F3N2OS/c1-8(2)7-21-9(3)13(20)19-12-5-4-10(6-11(12)18)14(15,16)17/h4-6,8-9H,7,18H2,1-3H3,(H,19,20). The summed E-state index contributed by atoms with van der Waals surface area (Å²) in [5, 5.41) is 2.26. The van der Waals surface area contributed by atoms with Gasteiger partial charge in [-0.1, -0.05) is 13.8 Å². The summed E-state index contributed by atoms with van der Waals surface area (Å²) in [6.07, 6.45) is -4.45. The number of hydrogen-bond acceptors (Lipinski definition) is 3. The summed E-state index contributed by atoms with van der Waals surface area (Å²) in [4.78, 5) is 11.9. The van der Waals surface area contributed by atoms with Crippen LogP contribution in [0, 0.1) is 5.92 Å². The first-order valence-corrected chi connectivity index (χ1v) is 7.55. The molecule has 0 aromatic heterocycles. The van der Waals surface area contributed by atoms with Gasteiger partial charge in [0.25, 0.3) is 0 Å². The highest BCUT2D eigenvalue weighted by Crippen LogP contribution is 2.33. The summed E-state index contributed by atoms with van der Waals surface area (Å²) in [5.41, 5.74) is 4.84. The zero-order valence-corrected chi connectivity index (χ0v) is 12.9. The fraction of sp³-hybridized carbons (Fsp3) is 0.500. The highest BCUT2D eigenvalue weighted by Gasteiger charge is 2.31. The quantitative estimate of drug-likeness (QED) is 0.806. The molecule has 1 rings (SSSR count). The largest absolute Gasteiger partial charge is 0.416 e. The molecule has 0 saturated carbocycles. The molecule has 0 fully saturated rings. The van der Waals surface area contributed by atoms with Crippen LogP contribution in [0.2, 0.25) is 0 Å². The van der Waals surface area contributed by atoms with Crippen molar-refractivity contribution in [3.05, 3.63) is 23.8 Å². The number of halogens is 3. The summed E-state index contributed by atoms with van der Waals surface area (Å²) in [5.74, 6) is 1.02. The maximum absolute atomic E-state index is 12.5. The predicted octanol–water partition coefficient (Wildman–Crippen LogP) is 4.00. The number of anilines is 2. The molecule has 3 N–H and O–H groups in total. The molecule has 21 heavy (non-hydrogen) atoms. The second-order valence-corrected chi connectivity index (χ2v) is 6.53. The van der Waals surface area contributed by atoms with Crippen molar-refractivity contribution in [3.8, 4) is 0 Å². The molecule has 1 unspecified atom stereocenters. The molecule has 1 aromatic rings. The van der Waals surface area contributed by atoms with Gasteiger partial charge in [-0.25, -0.2) is 0 Å². The number of hydrogen-bond donors (Lipinski definition) is 2. The van der Waals surface area contributed by atoms with E-state index >= 15 is 0 Å². The molecule has 0 spiro atoms. The number of carbonyl (C=O) groups excluding carboxylic acids is 1. The SMILES string of the molecule is CC(C)CSC(C)C(=O)Nc1ccc(C(F)(F)F)cc1N. The number of nitrogens with one attached hydrogen (secondary N) is 1. The van der Waals surface area contributed by atoms with Crippen LogP contribution >= 0.6 is 11.8 Å². The third-order valence-electron chi connectivity index (χ3n) is 2.69. The molecule has 0 aliphatic rings. The van der Waals surface area contributed by atoms with Crippen molar-refractivity contribution < 1.29 is 18.0 Å². The lowest BCUT2D eigenvalue weighted by Gasteiger charge is -2.15. The van der Waals surface area contributed by atoms with E-state index in [0.29, 0.717) is 5.92 Å². The third-order valence-corrected chi connectivity index (χ3v) is 4.26. The topological polar surface area (TPSA) is 55.1 Å². The van der Waals surface area contributed by atoms with Crippen LogP contribution in [0.15, 0.2) is 18.2 Å². The summed E-state index contributed by atoms with van der Waals surface area (Å²) in [6.45, 7) is 5.85. The molecule has 1 aromatic carbocycles. The Hall–Kier alpha value is -1.37. The average molecular weight is 320 g/mol. The van der Waals surface area contributed by atoms with E-state index in [1.54, 1.807) is 6.92 Å². The Balaban J connectivity index is 2.73. The lowest BCUT2D eigenvalue weighted by molar-refractivity contribution is -0.137. The summed E-state index contributed by atoms with van der Waals surface area (Å²) < 4.78 is 37.6. The van der Waals surface area contributed by atoms with Crippen LogP contribution in [-0.2, 0) is 11.0 Å². The molecule has 0 bridgehead atoms. The van der Waals surface area contributed by atoms with E-state index in [2.05, 4.69) is 5.32 Å². The Labute approximate surface area is 126 Å². The number of amides is 1. The van der Waals surface area contributed by atoms with Gasteiger partial charge in [0.2, 0.25) is 5.91 Å². The molecule has 1 atom stereocenters. The smallest absolute Gasteiger partial charge is 0.397 e. The summed E-state index contributed by atoms with van der Waals surface area (Å²) in [7, 11) is 0. The van der Waals surface area contributed by atoms with Crippen molar-refractivity contribution in [1.82, 2.24) is 0 Å². The molecule has 0 radical (unpaired) electrons. The lowest BCUT2D eigenvalue weighted by Crippen LogP contribution is -2.24. The van der Waals surface area contributed by atoms with Gasteiger partial charge >= 0.3 is 6.18 Å². The van der Waals surface area contributed by atoms with Crippen LogP contribution in [0.3, 0.4) is 0 Å². The van der Waals surface area contributed by atoms with E-state index in [-0.39, 0.29) is 22.5 Å². The van der Waals surface area contributed by atoms with Crippen LogP contribution in [0.1, 0.15) is 26.3 Å². The summed E-state index contributed by atoms with van der Waals surface area (Å²) >= 11 is 1.49. The van der Waals surface area contributed by atoms with Gasteiger partial charge in [0.05, 0.1) is 22.2 Å². The lowest BCUT2D eigenvalue weighted by atomic mass is 10.1. The Morgan fingerprint density at radius 2 is 1.95 bits per heavy atom. The Morgan fingerprint density at radius 1 is 1.33 bits per heavy atom. The number of carbonyl (C=O) groups is 1. The predicted molar refractivity (Wildman–Crippen MR) is 81.2 cm³/mol. The van der Waals surface area contributed by atoms with Gasteiger partial charge in [0.15, 0.2) is 0 Å². The molecular weight excluding hydrogens is 301 g/mol. The minimum absolute atomic E-state index is 0.0979. The first kappa shape index (κ1) is 17.7. The Morgan fingerprint density at radius 3 is 2.43 bits per heavy atom. The molecule has 0 heterocycles. The molecule has 0 saturated heterocycles. The van der Waals surface area contributed by atoms with Crippen molar-refractivity contribution in [3.63, 3.8) is 0 Å². The number of nitrogens with two attached hydrogens (primary N) is 1. The van der Waals surface area contributed by atoms with Crippen molar-refractivity contribution >= 4 is 29.0 Å². The van der Waals surface area contributed by atoms with E-state index < -0.39 is 11.7 Å². The molecule has 118 valence electrons. The second-order valence-electron chi connectivity index (χ2n) is 5.16. The van der Waals surface area contributed by atoms with E-state index in [9.17, 15) is 18.0 Å². The van der Waals surface area contributed by atoms with Crippen LogP contribution in [-0.4, -0.2) is 16.9 Å². The fourth-order valence-electron chi connectivity index (χ4n) is 1.50. The van der Waals surface area contributed by atoms with Crippen LogP contribution < -0.4 is 11.1 Å². The van der Waals surface area contributed by atoms with E-state index in [0.717, 1.165) is 17.9 Å². The summed E-state index contributed by atoms with van der Waals surface area (Å²) in [6, 6.07) is 2.90. The molecule has 3 nitrogen and oxygen atoms in total. The first-order valence-electron chi connectivity index (χ1n) is 6.50. The minimum Gasteiger partial charge on any atom is -0.397 e. The molecular formula is C14H19F3N2OS. The first-order chi connectivity index (χ1) is 9.61. The number of alkyl halides is 3. The van der Waals surface area contributed by atoms with Crippen molar-refractivity contribution in [1.29, 1.82) is 0 Å². The minimum atomic E-state index is -4.45. The van der Waals surface area contributed by atoms with Gasteiger partial charge in [-0.3, -0.25) is 4.79 Å². The maximum atomic E-state index is 12.5. The highest BCUT2D eigenvalue weighted by atomic mass is 32.2.